The molecule has 0 bridgehead atoms. The fourth-order valence-corrected chi connectivity index (χ4v) is 5.02. The molecule has 0 amide bonds. The monoisotopic (exact) mass is 424 g/mol. The van der Waals surface area contributed by atoms with Crippen LogP contribution in [0.3, 0.4) is 0 Å². The molecule has 160 valence electrons. The Morgan fingerprint density at radius 1 is 1.13 bits per heavy atom. The van der Waals surface area contributed by atoms with Gasteiger partial charge < -0.3 is 4.74 Å². The van der Waals surface area contributed by atoms with Crippen molar-refractivity contribution in [2.45, 2.75) is 63.9 Å². The summed E-state index contributed by atoms with van der Waals surface area (Å²) >= 11 is 1.62. The van der Waals surface area contributed by atoms with Crippen LogP contribution in [0.1, 0.15) is 56.0 Å². The molecule has 0 aliphatic carbocycles. The van der Waals surface area contributed by atoms with Gasteiger partial charge in [-0.25, -0.2) is 4.98 Å². The smallest absolute Gasteiger partial charge is 0.262 e. The van der Waals surface area contributed by atoms with Crippen LogP contribution < -0.4 is 5.56 Å². The van der Waals surface area contributed by atoms with Gasteiger partial charge in [0.25, 0.3) is 5.56 Å². The average molecular weight is 425 g/mol. The van der Waals surface area contributed by atoms with Gasteiger partial charge in [-0.3, -0.25) is 9.36 Å². The molecule has 0 fully saturated rings. The predicted molar refractivity (Wildman–Crippen MR) is 127 cm³/mol. The Morgan fingerprint density at radius 2 is 1.77 bits per heavy atom. The summed E-state index contributed by atoms with van der Waals surface area (Å²) in [6, 6.07) is 12.0. The molecule has 1 unspecified atom stereocenters. The van der Waals surface area contributed by atoms with E-state index in [4.69, 9.17) is 9.72 Å². The van der Waals surface area contributed by atoms with Gasteiger partial charge in [0.15, 0.2) is 5.16 Å². The Bertz CT molecular complexity index is 1090. The topological polar surface area (TPSA) is 44.1 Å². The highest BCUT2D eigenvalue weighted by Crippen LogP contribution is 2.31. The molecule has 0 saturated heterocycles. The predicted octanol–water partition coefficient (Wildman–Crippen LogP) is 5.81. The molecule has 0 aliphatic heterocycles. The van der Waals surface area contributed by atoms with Crippen molar-refractivity contribution in [3.05, 3.63) is 69.0 Å². The van der Waals surface area contributed by atoms with Crippen molar-refractivity contribution in [3.8, 4) is 0 Å². The molecule has 0 N–H and O–H groups in total. The molecular formula is C25H32N2O2S. The van der Waals surface area contributed by atoms with E-state index < -0.39 is 0 Å². The first-order valence-electron chi connectivity index (χ1n) is 10.4. The molecule has 1 atom stereocenters. The first-order valence-corrected chi connectivity index (χ1v) is 11.4. The molecule has 2 aromatic carbocycles. The van der Waals surface area contributed by atoms with E-state index in [1.807, 2.05) is 31.2 Å². The Kier molecular flexibility index (Phi) is 6.73. The van der Waals surface area contributed by atoms with Crippen LogP contribution in [0.25, 0.3) is 10.9 Å². The van der Waals surface area contributed by atoms with Crippen LogP contribution in [0.4, 0.5) is 0 Å². The van der Waals surface area contributed by atoms with Gasteiger partial charge in [0.1, 0.15) is 0 Å². The van der Waals surface area contributed by atoms with Crippen molar-refractivity contribution < 1.29 is 4.74 Å². The lowest BCUT2D eigenvalue weighted by molar-refractivity contribution is 0.156. The minimum absolute atomic E-state index is 0.0100. The summed E-state index contributed by atoms with van der Waals surface area (Å²) in [6.45, 7) is 13.5. The molecule has 5 heteroatoms. The van der Waals surface area contributed by atoms with Gasteiger partial charge in [0.05, 0.1) is 23.6 Å². The van der Waals surface area contributed by atoms with E-state index >= 15 is 0 Å². The summed E-state index contributed by atoms with van der Waals surface area (Å²) in [7, 11) is 1.66. The van der Waals surface area contributed by atoms with E-state index in [0.29, 0.717) is 12.0 Å². The number of rotatable bonds is 6. The number of methoxy groups -OCH3 is 1. The van der Waals surface area contributed by atoms with Crippen molar-refractivity contribution in [2.75, 3.05) is 13.7 Å². The molecule has 0 aliphatic rings. The summed E-state index contributed by atoms with van der Waals surface area (Å²) in [6.07, 6.45) is 0. The number of hydrogen-bond acceptors (Lipinski definition) is 4. The van der Waals surface area contributed by atoms with Crippen molar-refractivity contribution in [1.29, 1.82) is 0 Å². The SMILES string of the molecule is COCC(C)n1c(SCc2c(C)cc(C(C)(C)C)cc2C)nc2ccccc2c1=O. The third kappa shape index (κ3) is 4.62. The van der Waals surface area contributed by atoms with Crippen LogP contribution in [0.5, 0.6) is 0 Å². The molecule has 0 radical (unpaired) electrons. The quantitative estimate of drug-likeness (QED) is 0.370. The zero-order chi connectivity index (χ0) is 22.1. The largest absolute Gasteiger partial charge is 0.383 e. The summed E-state index contributed by atoms with van der Waals surface area (Å²) in [5.41, 5.74) is 6.07. The number of ether oxygens (including phenoxy) is 1. The third-order valence-corrected chi connectivity index (χ3v) is 6.51. The van der Waals surface area contributed by atoms with Crippen LogP contribution >= 0.6 is 11.8 Å². The Morgan fingerprint density at radius 3 is 2.37 bits per heavy atom. The van der Waals surface area contributed by atoms with Gasteiger partial charge in [-0.1, -0.05) is 56.8 Å². The summed E-state index contributed by atoms with van der Waals surface area (Å²) < 4.78 is 7.11. The molecule has 3 rings (SSSR count). The van der Waals surface area contributed by atoms with Gasteiger partial charge in [0, 0.05) is 12.9 Å². The van der Waals surface area contributed by atoms with Crippen LogP contribution in [-0.4, -0.2) is 23.3 Å². The van der Waals surface area contributed by atoms with Gasteiger partial charge in [-0.05, 0) is 60.6 Å². The lowest BCUT2D eigenvalue weighted by Crippen LogP contribution is -2.28. The number of hydrogen-bond donors (Lipinski definition) is 0. The lowest BCUT2D eigenvalue weighted by Gasteiger charge is -2.23. The van der Waals surface area contributed by atoms with E-state index in [-0.39, 0.29) is 17.0 Å². The second-order valence-corrected chi connectivity index (χ2v) is 9.96. The van der Waals surface area contributed by atoms with Gasteiger partial charge >= 0.3 is 0 Å². The second-order valence-electron chi connectivity index (χ2n) is 9.02. The first-order chi connectivity index (χ1) is 14.1. The third-order valence-electron chi connectivity index (χ3n) is 5.53. The zero-order valence-corrected chi connectivity index (χ0v) is 19.9. The average Bonchev–Trinajstić information content (AvgIpc) is 2.66. The second kappa shape index (κ2) is 8.94. The number of para-hydroxylation sites is 1. The molecule has 4 nitrogen and oxygen atoms in total. The Labute approximate surface area is 183 Å². The van der Waals surface area contributed by atoms with Crippen LogP contribution in [-0.2, 0) is 15.9 Å². The molecular weight excluding hydrogens is 392 g/mol. The molecule has 1 heterocycles. The first kappa shape index (κ1) is 22.6. The van der Waals surface area contributed by atoms with Crippen LogP contribution in [0.2, 0.25) is 0 Å². The normalized spacial score (nSPS) is 13.0. The van der Waals surface area contributed by atoms with Gasteiger partial charge in [-0.15, -0.1) is 0 Å². The van der Waals surface area contributed by atoms with E-state index in [1.54, 1.807) is 23.4 Å². The molecule has 30 heavy (non-hydrogen) atoms. The molecule has 3 aromatic rings. The Hall–Kier alpha value is -2.11. The maximum absolute atomic E-state index is 13.2. The van der Waals surface area contributed by atoms with Crippen molar-refractivity contribution in [3.63, 3.8) is 0 Å². The number of nitrogens with zero attached hydrogens (tertiary/aromatic N) is 2. The standard InChI is InChI=1S/C25H32N2O2S/c1-16-12-19(25(4,5)6)13-17(2)21(16)15-30-24-26-22-11-9-8-10-20(22)23(28)27(24)18(3)14-29-7/h8-13,18H,14-15H2,1-7H3. The summed E-state index contributed by atoms with van der Waals surface area (Å²) in [5, 5.41) is 1.38. The van der Waals surface area contributed by atoms with Crippen molar-refractivity contribution in [1.82, 2.24) is 9.55 Å². The molecule has 0 spiro atoms. The number of aryl methyl sites for hydroxylation is 2. The van der Waals surface area contributed by atoms with Gasteiger partial charge in [-0.2, -0.15) is 0 Å². The van der Waals surface area contributed by atoms with E-state index in [2.05, 4.69) is 46.8 Å². The fourth-order valence-electron chi connectivity index (χ4n) is 3.72. The zero-order valence-electron chi connectivity index (χ0n) is 19.1. The number of fused-ring (bicyclic) bond motifs is 1. The number of thioether (sulfide) groups is 1. The fraction of sp³-hybridized carbons (Fsp3) is 0.440. The summed E-state index contributed by atoms with van der Waals surface area (Å²) in [5.74, 6) is 0.770. The van der Waals surface area contributed by atoms with E-state index in [1.165, 1.54) is 22.3 Å². The summed E-state index contributed by atoms with van der Waals surface area (Å²) in [4.78, 5) is 18.1. The van der Waals surface area contributed by atoms with Crippen molar-refractivity contribution >= 4 is 22.7 Å². The number of aromatic nitrogens is 2. The lowest BCUT2D eigenvalue weighted by atomic mass is 9.84. The molecule has 1 aromatic heterocycles. The van der Waals surface area contributed by atoms with E-state index in [0.717, 1.165) is 16.4 Å². The highest BCUT2D eigenvalue weighted by Gasteiger charge is 2.19. The van der Waals surface area contributed by atoms with Crippen LogP contribution in [0.15, 0.2) is 46.3 Å². The highest BCUT2D eigenvalue weighted by atomic mass is 32.2. The minimum atomic E-state index is -0.0902. The maximum Gasteiger partial charge on any atom is 0.262 e. The molecule has 0 saturated carbocycles. The Balaban J connectivity index is 2.02. The van der Waals surface area contributed by atoms with E-state index in [9.17, 15) is 4.79 Å². The maximum atomic E-state index is 13.2. The number of benzene rings is 2. The van der Waals surface area contributed by atoms with Crippen LogP contribution in [0, 0.1) is 13.8 Å². The minimum Gasteiger partial charge on any atom is -0.383 e. The highest BCUT2D eigenvalue weighted by molar-refractivity contribution is 7.98. The van der Waals surface area contributed by atoms with Gasteiger partial charge in [0.2, 0.25) is 0 Å². The van der Waals surface area contributed by atoms with Crippen molar-refractivity contribution in [2.24, 2.45) is 0 Å².